The Kier molecular flexibility index (Phi) is 5.73. The fourth-order valence-electron chi connectivity index (χ4n) is 2.46. The van der Waals surface area contributed by atoms with Gasteiger partial charge in [0, 0.05) is 31.6 Å². The standard InChI is InChI=1S/C16H23NO4/c1-3-19-14-10-11-16(21-14,20-4-2)12-17-15(18)13-8-6-5-7-9-13/h5-9,14H,3-4,10-12H2,1-2H3,(H,17,18). The minimum Gasteiger partial charge on any atom is -0.353 e. The SMILES string of the molecule is CCOC1CCC(CNC(=O)c2ccccc2)(OCC)O1. The van der Waals surface area contributed by atoms with Crippen molar-refractivity contribution in [1.29, 1.82) is 0 Å². The van der Waals surface area contributed by atoms with Gasteiger partial charge in [0.05, 0.1) is 6.54 Å². The topological polar surface area (TPSA) is 56.8 Å². The minimum absolute atomic E-state index is 0.127. The van der Waals surface area contributed by atoms with Crippen molar-refractivity contribution in [2.75, 3.05) is 19.8 Å². The number of ether oxygens (including phenoxy) is 3. The van der Waals surface area contributed by atoms with Crippen molar-refractivity contribution in [3.05, 3.63) is 35.9 Å². The Morgan fingerprint density at radius 2 is 2.10 bits per heavy atom. The van der Waals surface area contributed by atoms with E-state index in [1.165, 1.54) is 0 Å². The molecule has 1 aliphatic heterocycles. The van der Waals surface area contributed by atoms with Crippen molar-refractivity contribution in [3.8, 4) is 0 Å². The first kappa shape index (κ1) is 15.9. The lowest BCUT2D eigenvalue weighted by atomic mass is 10.1. The van der Waals surface area contributed by atoms with E-state index in [9.17, 15) is 4.79 Å². The molecule has 0 aliphatic carbocycles. The Labute approximate surface area is 125 Å². The second-order valence-electron chi connectivity index (χ2n) is 4.93. The second-order valence-corrected chi connectivity index (χ2v) is 4.93. The zero-order valence-electron chi connectivity index (χ0n) is 12.6. The maximum Gasteiger partial charge on any atom is 0.251 e. The third kappa shape index (κ3) is 4.27. The average molecular weight is 293 g/mol. The third-order valence-electron chi connectivity index (χ3n) is 3.42. The van der Waals surface area contributed by atoms with Gasteiger partial charge in [0.1, 0.15) is 0 Å². The van der Waals surface area contributed by atoms with Crippen molar-refractivity contribution >= 4 is 5.91 Å². The van der Waals surface area contributed by atoms with Crippen LogP contribution in [-0.2, 0) is 14.2 Å². The molecule has 1 aromatic rings. The lowest BCUT2D eigenvalue weighted by Gasteiger charge is -2.29. The van der Waals surface area contributed by atoms with Gasteiger partial charge in [0.25, 0.3) is 5.91 Å². The molecule has 0 radical (unpaired) electrons. The highest BCUT2D eigenvalue weighted by molar-refractivity contribution is 5.94. The molecule has 1 heterocycles. The van der Waals surface area contributed by atoms with E-state index in [4.69, 9.17) is 14.2 Å². The molecule has 2 atom stereocenters. The van der Waals surface area contributed by atoms with Crippen molar-refractivity contribution in [2.24, 2.45) is 0 Å². The maximum absolute atomic E-state index is 12.1. The molecule has 1 fully saturated rings. The van der Waals surface area contributed by atoms with Crippen molar-refractivity contribution in [3.63, 3.8) is 0 Å². The molecule has 1 saturated heterocycles. The van der Waals surface area contributed by atoms with Crippen LogP contribution in [0.1, 0.15) is 37.0 Å². The van der Waals surface area contributed by atoms with E-state index in [1.54, 1.807) is 12.1 Å². The molecule has 0 spiro atoms. The third-order valence-corrected chi connectivity index (χ3v) is 3.42. The zero-order valence-corrected chi connectivity index (χ0v) is 12.6. The number of amides is 1. The summed E-state index contributed by atoms with van der Waals surface area (Å²) in [5.74, 6) is -0.905. The number of carbonyl (C=O) groups excluding carboxylic acids is 1. The van der Waals surface area contributed by atoms with E-state index in [1.807, 2.05) is 32.0 Å². The highest BCUT2D eigenvalue weighted by atomic mass is 16.8. The molecule has 1 amide bonds. The van der Waals surface area contributed by atoms with Gasteiger partial charge in [0.15, 0.2) is 12.1 Å². The summed E-state index contributed by atoms with van der Waals surface area (Å²) in [6.07, 6.45) is 1.23. The predicted octanol–water partition coefficient (Wildman–Crippen LogP) is 2.32. The van der Waals surface area contributed by atoms with Crippen LogP contribution in [0.3, 0.4) is 0 Å². The zero-order chi connectivity index (χ0) is 15.1. The normalized spacial score (nSPS) is 25.0. The first-order valence-electron chi connectivity index (χ1n) is 7.45. The summed E-state index contributed by atoms with van der Waals surface area (Å²) in [7, 11) is 0. The van der Waals surface area contributed by atoms with Gasteiger partial charge in [-0.2, -0.15) is 0 Å². The van der Waals surface area contributed by atoms with E-state index in [0.717, 1.165) is 6.42 Å². The van der Waals surface area contributed by atoms with Crippen molar-refractivity contribution in [1.82, 2.24) is 5.32 Å². The summed E-state index contributed by atoms with van der Waals surface area (Å²) in [6, 6.07) is 9.11. The summed E-state index contributed by atoms with van der Waals surface area (Å²) in [4.78, 5) is 12.1. The number of rotatable bonds is 7. The van der Waals surface area contributed by atoms with Gasteiger partial charge in [-0.25, -0.2) is 0 Å². The summed E-state index contributed by atoms with van der Waals surface area (Å²) in [5, 5.41) is 2.88. The van der Waals surface area contributed by atoms with Crippen LogP contribution < -0.4 is 5.32 Å². The predicted molar refractivity (Wildman–Crippen MR) is 78.9 cm³/mol. The molecular weight excluding hydrogens is 270 g/mol. The van der Waals surface area contributed by atoms with Gasteiger partial charge >= 0.3 is 0 Å². The molecule has 2 rings (SSSR count). The Morgan fingerprint density at radius 3 is 2.76 bits per heavy atom. The summed E-state index contributed by atoms with van der Waals surface area (Å²) in [6.45, 7) is 5.29. The Hall–Kier alpha value is -1.43. The molecule has 1 N–H and O–H groups in total. The molecule has 5 nitrogen and oxygen atoms in total. The average Bonchev–Trinajstić information content (AvgIpc) is 2.90. The Morgan fingerprint density at radius 1 is 1.33 bits per heavy atom. The summed E-state index contributed by atoms with van der Waals surface area (Å²) >= 11 is 0. The first-order chi connectivity index (χ1) is 10.2. The van der Waals surface area contributed by atoms with E-state index in [2.05, 4.69) is 5.32 Å². The smallest absolute Gasteiger partial charge is 0.251 e. The van der Waals surface area contributed by atoms with Gasteiger partial charge in [-0.3, -0.25) is 4.79 Å². The van der Waals surface area contributed by atoms with Gasteiger partial charge in [-0.15, -0.1) is 0 Å². The van der Waals surface area contributed by atoms with E-state index in [0.29, 0.717) is 31.7 Å². The molecular formula is C16H23NO4. The van der Waals surface area contributed by atoms with Crippen LogP contribution in [0.5, 0.6) is 0 Å². The highest BCUT2D eigenvalue weighted by Gasteiger charge is 2.41. The Bertz CT molecular complexity index is 451. The fourth-order valence-corrected chi connectivity index (χ4v) is 2.46. The molecule has 0 saturated carbocycles. The molecule has 0 aromatic heterocycles. The lowest BCUT2D eigenvalue weighted by Crippen LogP contribution is -2.45. The van der Waals surface area contributed by atoms with Crippen LogP contribution >= 0.6 is 0 Å². The maximum atomic E-state index is 12.1. The van der Waals surface area contributed by atoms with Crippen LogP contribution in [0.4, 0.5) is 0 Å². The monoisotopic (exact) mass is 293 g/mol. The molecule has 116 valence electrons. The molecule has 5 heteroatoms. The number of benzene rings is 1. The summed E-state index contributed by atoms with van der Waals surface area (Å²) < 4.78 is 17.1. The number of carbonyl (C=O) groups is 1. The van der Waals surface area contributed by atoms with E-state index < -0.39 is 5.79 Å². The van der Waals surface area contributed by atoms with Gasteiger partial charge < -0.3 is 19.5 Å². The highest BCUT2D eigenvalue weighted by Crippen LogP contribution is 2.31. The van der Waals surface area contributed by atoms with Crippen LogP contribution in [0.2, 0.25) is 0 Å². The number of nitrogens with one attached hydrogen (secondary N) is 1. The summed E-state index contributed by atoms with van der Waals surface area (Å²) in [5.41, 5.74) is 0.628. The van der Waals surface area contributed by atoms with Crippen LogP contribution in [-0.4, -0.2) is 37.7 Å². The van der Waals surface area contributed by atoms with Crippen molar-refractivity contribution in [2.45, 2.75) is 38.8 Å². The van der Waals surface area contributed by atoms with Gasteiger partial charge in [-0.05, 0) is 26.0 Å². The van der Waals surface area contributed by atoms with Crippen LogP contribution in [0.25, 0.3) is 0 Å². The largest absolute Gasteiger partial charge is 0.353 e. The minimum atomic E-state index is -0.779. The van der Waals surface area contributed by atoms with E-state index in [-0.39, 0.29) is 12.2 Å². The van der Waals surface area contributed by atoms with Crippen LogP contribution in [0.15, 0.2) is 30.3 Å². The molecule has 0 bridgehead atoms. The van der Waals surface area contributed by atoms with Crippen molar-refractivity contribution < 1.29 is 19.0 Å². The lowest BCUT2D eigenvalue weighted by molar-refractivity contribution is -0.265. The molecule has 2 unspecified atom stereocenters. The second kappa shape index (κ2) is 7.54. The van der Waals surface area contributed by atoms with Gasteiger partial charge in [0.2, 0.25) is 0 Å². The van der Waals surface area contributed by atoms with Gasteiger partial charge in [-0.1, -0.05) is 18.2 Å². The van der Waals surface area contributed by atoms with Crippen LogP contribution in [0, 0.1) is 0 Å². The molecule has 21 heavy (non-hydrogen) atoms. The molecule has 1 aromatic carbocycles. The van der Waals surface area contributed by atoms with E-state index >= 15 is 0 Å². The fraction of sp³-hybridized carbons (Fsp3) is 0.562. The first-order valence-corrected chi connectivity index (χ1v) is 7.45. The number of hydrogen-bond donors (Lipinski definition) is 1. The quantitative estimate of drug-likeness (QED) is 0.838. The molecule has 1 aliphatic rings. The Balaban J connectivity index is 1.93. The number of hydrogen-bond acceptors (Lipinski definition) is 4.